The Morgan fingerprint density at radius 3 is 2.94 bits per heavy atom. The summed E-state index contributed by atoms with van der Waals surface area (Å²) in [4.78, 5) is 10.2. The maximum absolute atomic E-state index is 5.84. The molecule has 0 radical (unpaired) electrons. The number of nitrogens with two attached hydrogens (primary N) is 1. The minimum absolute atomic E-state index is 0.636. The lowest BCUT2D eigenvalue weighted by Crippen LogP contribution is -2.30. The number of aromatic nitrogens is 2. The van der Waals surface area contributed by atoms with Gasteiger partial charge in [0.25, 0.3) is 0 Å². The first-order valence-electron chi connectivity index (χ1n) is 5.61. The maximum Gasteiger partial charge on any atom is 0.154 e. The number of hydrogen-bond donors (Lipinski definition) is 1. The van der Waals surface area contributed by atoms with Crippen LogP contribution in [0.2, 0.25) is 0 Å². The molecule has 0 amide bonds. The van der Waals surface area contributed by atoms with Gasteiger partial charge in [-0.2, -0.15) is 0 Å². The molecule has 0 unspecified atom stereocenters. The van der Waals surface area contributed by atoms with Gasteiger partial charge in [0, 0.05) is 26.8 Å². The highest BCUT2D eigenvalue weighted by molar-refractivity contribution is 5.60. The fourth-order valence-corrected chi connectivity index (χ4v) is 2.06. The molecule has 0 spiro atoms. The van der Waals surface area contributed by atoms with E-state index >= 15 is 0 Å². The standard InChI is InChI=1S/C11H18N4O/c1-15(7-9-2-4-16-5-3-9)11-10(12)6-13-8-14-11/h6,8-9H,2-5,7,12H2,1H3. The average Bonchev–Trinajstić information content (AvgIpc) is 2.31. The predicted octanol–water partition coefficient (Wildman–Crippen LogP) is 0.922. The van der Waals surface area contributed by atoms with Gasteiger partial charge in [0.15, 0.2) is 5.82 Å². The third-order valence-corrected chi connectivity index (χ3v) is 2.95. The van der Waals surface area contributed by atoms with Crippen LogP contribution < -0.4 is 10.6 Å². The Hall–Kier alpha value is -1.36. The molecule has 0 aliphatic carbocycles. The van der Waals surface area contributed by atoms with Crippen molar-refractivity contribution in [3.63, 3.8) is 0 Å². The first-order chi connectivity index (χ1) is 7.77. The summed E-state index contributed by atoms with van der Waals surface area (Å²) in [7, 11) is 2.02. The van der Waals surface area contributed by atoms with Gasteiger partial charge < -0.3 is 15.4 Å². The summed E-state index contributed by atoms with van der Waals surface area (Å²) in [6, 6.07) is 0. The molecule has 1 fully saturated rings. The molecule has 5 heteroatoms. The van der Waals surface area contributed by atoms with Gasteiger partial charge in [-0.3, -0.25) is 0 Å². The molecule has 88 valence electrons. The van der Waals surface area contributed by atoms with E-state index in [-0.39, 0.29) is 0 Å². The third kappa shape index (κ3) is 2.61. The van der Waals surface area contributed by atoms with Crippen LogP contribution in [0.15, 0.2) is 12.5 Å². The van der Waals surface area contributed by atoms with E-state index in [1.807, 2.05) is 7.05 Å². The smallest absolute Gasteiger partial charge is 0.154 e. The molecule has 5 nitrogen and oxygen atoms in total. The highest BCUT2D eigenvalue weighted by Crippen LogP contribution is 2.21. The Labute approximate surface area is 95.6 Å². The topological polar surface area (TPSA) is 64.3 Å². The summed E-state index contributed by atoms with van der Waals surface area (Å²) in [5.41, 5.74) is 6.47. The second kappa shape index (κ2) is 5.12. The van der Waals surface area contributed by atoms with Crippen LogP contribution in [0.3, 0.4) is 0 Å². The second-order valence-electron chi connectivity index (χ2n) is 4.24. The monoisotopic (exact) mass is 222 g/mol. The van der Waals surface area contributed by atoms with E-state index < -0.39 is 0 Å². The Morgan fingerprint density at radius 2 is 2.25 bits per heavy atom. The van der Waals surface area contributed by atoms with Crippen LogP contribution in [-0.2, 0) is 4.74 Å². The quantitative estimate of drug-likeness (QED) is 0.824. The zero-order chi connectivity index (χ0) is 11.4. The van der Waals surface area contributed by atoms with E-state index in [2.05, 4.69) is 14.9 Å². The van der Waals surface area contributed by atoms with Gasteiger partial charge in [-0.05, 0) is 18.8 Å². The van der Waals surface area contributed by atoms with E-state index in [0.717, 1.165) is 38.4 Å². The number of nitrogens with zero attached hydrogens (tertiary/aromatic N) is 3. The van der Waals surface area contributed by atoms with E-state index in [1.165, 1.54) is 6.33 Å². The van der Waals surface area contributed by atoms with Crippen LogP contribution in [-0.4, -0.2) is 36.8 Å². The Bertz CT molecular complexity index is 339. The lowest BCUT2D eigenvalue weighted by atomic mass is 10.00. The molecular weight excluding hydrogens is 204 g/mol. The van der Waals surface area contributed by atoms with Crippen molar-refractivity contribution in [2.75, 3.05) is 37.4 Å². The van der Waals surface area contributed by atoms with Gasteiger partial charge in [-0.25, -0.2) is 9.97 Å². The van der Waals surface area contributed by atoms with Gasteiger partial charge in [0.05, 0.1) is 11.9 Å². The fraction of sp³-hybridized carbons (Fsp3) is 0.636. The number of nitrogen functional groups attached to an aromatic ring is 1. The Balaban J connectivity index is 1.96. The molecule has 0 bridgehead atoms. The first-order valence-corrected chi connectivity index (χ1v) is 5.61. The van der Waals surface area contributed by atoms with Crippen molar-refractivity contribution in [3.05, 3.63) is 12.5 Å². The lowest BCUT2D eigenvalue weighted by molar-refractivity contribution is 0.0685. The molecule has 1 aromatic rings. The Morgan fingerprint density at radius 1 is 1.50 bits per heavy atom. The molecule has 0 saturated carbocycles. The molecule has 0 atom stereocenters. The number of ether oxygens (including phenoxy) is 1. The summed E-state index contributed by atoms with van der Waals surface area (Å²) in [5.74, 6) is 1.50. The first kappa shape index (κ1) is 11.1. The fourth-order valence-electron chi connectivity index (χ4n) is 2.06. The van der Waals surface area contributed by atoms with E-state index in [0.29, 0.717) is 11.6 Å². The molecule has 1 saturated heterocycles. The molecule has 2 N–H and O–H groups in total. The highest BCUT2D eigenvalue weighted by atomic mass is 16.5. The second-order valence-corrected chi connectivity index (χ2v) is 4.24. The molecule has 16 heavy (non-hydrogen) atoms. The summed E-state index contributed by atoms with van der Waals surface area (Å²) in [6.07, 6.45) is 5.42. The average molecular weight is 222 g/mol. The number of anilines is 2. The van der Waals surface area contributed by atoms with Crippen LogP contribution in [0, 0.1) is 5.92 Å². The van der Waals surface area contributed by atoms with Crippen LogP contribution in [0.5, 0.6) is 0 Å². The van der Waals surface area contributed by atoms with Crippen LogP contribution in [0.1, 0.15) is 12.8 Å². The van der Waals surface area contributed by atoms with Gasteiger partial charge in [0.2, 0.25) is 0 Å². The Kier molecular flexibility index (Phi) is 3.56. The number of rotatable bonds is 3. The van der Waals surface area contributed by atoms with Crippen molar-refractivity contribution in [1.29, 1.82) is 0 Å². The molecule has 0 aromatic carbocycles. The van der Waals surface area contributed by atoms with E-state index in [9.17, 15) is 0 Å². The zero-order valence-electron chi connectivity index (χ0n) is 9.59. The summed E-state index contributed by atoms with van der Waals surface area (Å²) < 4.78 is 5.34. The molecule has 1 aliphatic heterocycles. The van der Waals surface area contributed by atoms with Gasteiger partial charge in [-0.1, -0.05) is 0 Å². The van der Waals surface area contributed by atoms with Crippen molar-refractivity contribution < 1.29 is 4.74 Å². The van der Waals surface area contributed by atoms with Crippen molar-refractivity contribution in [2.45, 2.75) is 12.8 Å². The van der Waals surface area contributed by atoms with Crippen LogP contribution >= 0.6 is 0 Å². The normalized spacial score (nSPS) is 17.3. The van der Waals surface area contributed by atoms with E-state index in [1.54, 1.807) is 6.20 Å². The summed E-state index contributed by atoms with van der Waals surface area (Å²) in [6.45, 7) is 2.72. The zero-order valence-corrected chi connectivity index (χ0v) is 9.59. The van der Waals surface area contributed by atoms with Crippen molar-refractivity contribution in [2.24, 2.45) is 5.92 Å². The van der Waals surface area contributed by atoms with Crippen molar-refractivity contribution in [3.8, 4) is 0 Å². The van der Waals surface area contributed by atoms with Crippen molar-refractivity contribution in [1.82, 2.24) is 9.97 Å². The summed E-state index contributed by atoms with van der Waals surface area (Å²) in [5, 5.41) is 0. The molecule has 2 heterocycles. The maximum atomic E-state index is 5.84. The van der Waals surface area contributed by atoms with Crippen LogP contribution in [0.25, 0.3) is 0 Å². The summed E-state index contributed by atoms with van der Waals surface area (Å²) >= 11 is 0. The van der Waals surface area contributed by atoms with Crippen molar-refractivity contribution >= 4 is 11.5 Å². The number of hydrogen-bond acceptors (Lipinski definition) is 5. The lowest BCUT2D eigenvalue weighted by Gasteiger charge is -2.28. The molecular formula is C11H18N4O. The largest absolute Gasteiger partial charge is 0.394 e. The minimum atomic E-state index is 0.636. The molecule has 1 aromatic heterocycles. The van der Waals surface area contributed by atoms with Gasteiger partial charge >= 0.3 is 0 Å². The third-order valence-electron chi connectivity index (χ3n) is 2.95. The van der Waals surface area contributed by atoms with E-state index in [4.69, 9.17) is 10.5 Å². The van der Waals surface area contributed by atoms with Gasteiger partial charge in [0.1, 0.15) is 6.33 Å². The highest BCUT2D eigenvalue weighted by Gasteiger charge is 2.17. The SMILES string of the molecule is CN(CC1CCOCC1)c1ncncc1N. The minimum Gasteiger partial charge on any atom is -0.394 e. The van der Waals surface area contributed by atoms with Crippen LogP contribution in [0.4, 0.5) is 11.5 Å². The van der Waals surface area contributed by atoms with Gasteiger partial charge in [-0.15, -0.1) is 0 Å². The molecule has 2 rings (SSSR count). The molecule has 1 aliphatic rings. The predicted molar refractivity (Wildman–Crippen MR) is 63.3 cm³/mol.